The van der Waals surface area contributed by atoms with Gasteiger partial charge in [-0.3, -0.25) is 0 Å². The van der Waals surface area contributed by atoms with Crippen molar-refractivity contribution in [1.82, 2.24) is 4.31 Å². The van der Waals surface area contributed by atoms with Crippen LogP contribution in [0.5, 0.6) is 0 Å². The first-order valence-corrected chi connectivity index (χ1v) is 9.29. The lowest BCUT2D eigenvalue weighted by Crippen LogP contribution is -2.49. The maximum Gasteiger partial charge on any atom is 0.335 e. The van der Waals surface area contributed by atoms with Crippen LogP contribution in [-0.4, -0.2) is 36.4 Å². The standard InChI is InChI=1S/C16H21NO4S/c18-16(19)13-7-9-14(10-8-13)22(20,21)17-11-3-5-12-4-1-2-6-15(12)17/h7-10,12,15H,1-6,11H2,(H,18,19). The van der Waals surface area contributed by atoms with Gasteiger partial charge in [0.2, 0.25) is 10.0 Å². The van der Waals surface area contributed by atoms with Gasteiger partial charge in [0.1, 0.15) is 0 Å². The molecule has 0 spiro atoms. The molecule has 3 rings (SSSR count). The Balaban J connectivity index is 1.89. The Bertz CT molecular complexity index is 651. The van der Waals surface area contributed by atoms with Crippen molar-refractivity contribution in [2.75, 3.05) is 6.54 Å². The number of carboxylic acid groups (broad SMARTS) is 1. The van der Waals surface area contributed by atoms with Crippen molar-refractivity contribution < 1.29 is 18.3 Å². The third-order valence-electron chi connectivity index (χ3n) is 4.90. The molecule has 1 saturated heterocycles. The molecule has 0 aromatic heterocycles. The molecule has 2 atom stereocenters. The largest absolute Gasteiger partial charge is 0.478 e. The van der Waals surface area contributed by atoms with Gasteiger partial charge in [-0.1, -0.05) is 12.8 Å². The number of carboxylic acids is 1. The van der Waals surface area contributed by atoms with Gasteiger partial charge in [-0.05, 0) is 55.9 Å². The fourth-order valence-corrected chi connectivity index (χ4v) is 5.54. The van der Waals surface area contributed by atoms with Crippen LogP contribution in [0.1, 0.15) is 48.9 Å². The monoisotopic (exact) mass is 323 g/mol. The van der Waals surface area contributed by atoms with E-state index in [2.05, 4.69) is 0 Å². The zero-order chi connectivity index (χ0) is 15.7. The number of sulfonamides is 1. The van der Waals surface area contributed by atoms with Crippen LogP contribution >= 0.6 is 0 Å². The van der Waals surface area contributed by atoms with Gasteiger partial charge in [-0.2, -0.15) is 4.31 Å². The van der Waals surface area contributed by atoms with E-state index in [1.54, 1.807) is 4.31 Å². The van der Waals surface area contributed by atoms with E-state index in [9.17, 15) is 13.2 Å². The summed E-state index contributed by atoms with van der Waals surface area (Å²) in [4.78, 5) is 11.1. The van der Waals surface area contributed by atoms with E-state index in [0.717, 1.165) is 32.1 Å². The molecule has 6 heteroatoms. The molecular formula is C16H21NO4S. The van der Waals surface area contributed by atoms with Crippen LogP contribution in [0.25, 0.3) is 0 Å². The molecule has 5 nitrogen and oxygen atoms in total. The molecule has 1 aromatic rings. The van der Waals surface area contributed by atoms with Crippen LogP contribution in [-0.2, 0) is 10.0 Å². The molecule has 1 aromatic carbocycles. The fourth-order valence-electron chi connectivity index (χ4n) is 3.78. The zero-order valence-electron chi connectivity index (χ0n) is 12.4. The third-order valence-corrected chi connectivity index (χ3v) is 6.84. The van der Waals surface area contributed by atoms with Gasteiger partial charge in [0.15, 0.2) is 0 Å². The van der Waals surface area contributed by atoms with Gasteiger partial charge >= 0.3 is 5.97 Å². The Kier molecular flexibility index (Phi) is 4.23. The van der Waals surface area contributed by atoms with Crippen molar-refractivity contribution >= 4 is 16.0 Å². The van der Waals surface area contributed by atoms with Crippen LogP contribution in [0.15, 0.2) is 29.2 Å². The van der Waals surface area contributed by atoms with Crippen LogP contribution < -0.4 is 0 Å². The number of fused-ring (bicyclic) bond motifs is 1. The van der Waals surface area contributed by atoms with Crippen molar-refractivity contribution in [2.24, 2.45) is 5.92 Å². The van der Waals surface area contributed by atoms with Crippen molar-refractivity contribution in [2.45, 2.75) is 49.5 Å². The molecule has 2 aliphatic rings. The Morgan fingerprint density at radius 2 is 1.68 bits per heavy atom. The average molecular weight is 323 g/mol. The van der Waals surface area contributed by atoms with Crippen LogP contribution in [0.3, 0.4) is 0 Å². The smallest absolute Gasteiger partial charge is 0.335 e. The molecular weight excluding hydrogens is 302 g/mol. The van der Waals surface area contributed by atoms with Gasteiger partial charge in [0, 0.05) is 12.6 Å². The molecule has 1 N–H and O–H groups in total. The highest BCUT2D eigenvalue weighted by atomic mass is 32.2. The Morgan fingerprint density at radius 3 is 2.36 bits per heavy atom. The van der Waals surface area contributed by atoms with E-state index in [1.165, 1.54) is 30.7 Å². The lowest BCUT2D eigenvalue weighted by atomic mass is 9.79. The lowest BCUT2D eigenvalue weighted by molar-refractivity contribution is 0.0696. The summed E-state index contributed by atoms with van der Waals surface area (Å²) < 4.78 is 27.5. The SMILES string of the molecule is O=C(O)c1ccc(S(=O)(=O)N2CCCC3CCCCC32)cc1. The van der Waals surface area contributed by atoms with Crippen molar-refractivity contribution in [3.05, 3.63) is 29.8 Å². The van der Waals surface area contributed by atoms with Gasteiger partial charge in [0.25, 0.3) is 0 Å². The van der Waals surface area contributed by atoms with Crippen molar-refractivity contribution in [3.63, 3.8) is 0 Å². The minimum Gasteiger partial charge on any atom is -0.478 e. The molecule has 120 valence electrons. The normalized spacial score (nSPS) is 26.4. The quantitative estimate of drug-likeness (QED) is 0.928. The predicted molar refractivity (Wildman–Crippen MR) is 82.3 cm³/mol. The lowest BCUT2D eigenvalue weighted by Gasteiger charge is -2.43. The number of hydrogen-bond acceptors (Lipinski definition) is 3. The minimum absolute atomic E-state index is 0.105. The number of benzene rings is 1. The molecule has 1 aliphatic heterocycles. The summed E-state index contributed by atoms with van der Waals surface area (Å²) in [5, 5.41) is 8.92. The van der Waals surface area contributed by atoms with E-state index in [-0.39, 0.29) is 16.5 Å². The van der Waals surface area contributed by atoms with Crippen LogP contribution in [0, 0.1) is 5.92 Å². The Hall–Kier alpha value is -1.40. The summed E-state index contributed by atoms with van der Waals surface area (Å²) in [6.07, 6.45) is 6.38. The van der Waals surface area contributed by atoms with E-state index in [1.807, 2.05) is 0 Å². The summed E-state index contributed by atoms with van der Waals surface area (Å²) in [5.41, 5.74) is 0.105. The van der Waals surface area contributed by atoms with Crippen LogP contribution in [0.4, 0.5) is 0 Å². The van der Waals surface area contributed by atoms with Gasteiger partial charge in [-0.25, -0.2) is 13.2 Å². The van der Waals surface area contributed by atoms with Crippen LogP contribution in [0.2, 0.25) is 0 Å². The van der Waals surface area contributed by atoms with Gasteiger partial charge in [0.05, 0.1) is 10.5 Å². The van der Waals surface area contributed by atoms with Gasteiger partial charge < -0.3 is 5.11 Å². The summed E-state index contributed by atoms with van der Waals surface area (Å²) in [6, 6.07) is 5.65. The number of rotatable bonds is 3. The first-order valence-electron chi connectivity index (χ1n) is 7.85. The number of aromatic carboxylic acids is 1. The molecule has 0 bridgehead atoms. The molecule has 1 saturated carbocycles. The highest BCUT2D eigenvalue weighted by Gasteiger charge is 2.39. The highest BCUT2D eigenvalue weighted by molar-refractivity contribution is 7.89. The predicted octanol–water partition coefficient (Wildman–Crippen LogP) is 2.73. The summed E-state index contributed by atoms with van der Waals surface area (Å²) in [6.45, 7) is 0.574. The molecule has 2 fully saturated rings. The second-order valence-corrected chi connectivity index (χ2v) is 8.09. The van der Waals surface area contributed by atoms with Gasteiger partial charge in [-0.15, -0.1) is 0 Å². The zero-order valence-corrected chi connectivity index (χ0v) is 13.3. The van der Waals surface area contributed by atoms with Crippen molar-refractivity contribution in [3.8, 4) is 0 Å². The van der Waals surface area contributed by atoms with E-state index >= 15 is 0 Å². The number of carbonyl (C=O) groups is 1. The second kappa shape index (κ2) is 6.01. The molecule has 0 radical (unpaired) electrons. The molecule has 1 heterocycles. The topological polar surface area (TPSA) is 74.7 Å². The van der Waals surface area contributed by atoms with E-state index < -0.39 is 16.0 Å². The Labute approximate surface area is 131 Å². The maximum absolute atomic E-state index is 12.9. The van der Waals surface area contributed by atoms with Crippen molar-refractivity contribution in [1.29, 1.82) is 0 Å². The highest BCUT2D eigenvalue weighted by Crippen LogP contribution is 2.37. The second-order valence-electron chi connectivity index (χ2n) is 6.20. The summed E-state index contributed by atoms with van der Waals surface area (Å²) in [5.74, 6) is -0.565. The molecule has 0 amide bonds. The fraction of sp³-hybridized carbons (Fsp3) is 0.562. The number of piperidine rings is 1. The average Bonchev–Trinajstić information content (AvgIpc) is 2.54. The number of nitrogens with zero attached hydrogens (tertiary/aromatic N) is 1. The first-order chi connectivity index (χ1) is 10.5. The third kappa shape index (κ3) is 2.77. The number of hydrogen-bond donors (Lipinski definition) is 1. The maximum atomic E-state index is 12.9. The summed E-state index contributed by atoms with van der Waals surface area (Å²) >= 11 is 0. The van der Waals surface area contributed by atoms with E-state index in [4.69, 9.17) is 5.11 Å². The molecule has 22 heavy (non-hydrogen) atoms. The minimum atomic E-state index is -3.53. The first kappa shape index (κ1) is 15.5. The molecule has 2 unspecified atom stereocenters. The van der Waals surface area contributed by atoms with E-state index in [0.29, 0.717) is 12.5 Å². The molecule has 1 aliphatic carbocycles. The Morgan fingerprint density at radius 1 is 1.05 bits per heavy atom. The summed E-state index contributed by atoms with van der Waals surface area (Å²) in [7, 11) is -3.53.